The molecule has 23 heavy (non-hydrogen) atoms. The average Bonchev–Trinajstić information content (AvgIpc) is 2.66. The van der Waals surface area contributed by atoms with Crippen LogP contribution in [0.15, 0.2) is 23.1 Å². The maximum Gasteiger partial charge on any atom is 0.268 e. The minimum Gasteiger partial charge on any atom is -0.274 e. The third-order valence-electron chi connectivity index (χ3n) is 3.82. The van der Waals surface area contributed by atoms with E-state index < -0.39 is 0 Å². The molecule has 1 aromatic carbocycles. The van der Waals surface area contributed by atoms with E-state index in [9.17, 15) is 9.59 Å². The van der Waals surface area contributed by atoms with Gasteiger partial charge in [0.2, 0.25) is 0 Å². The van der Waals surface area contributed by atoms with Crippen molar-refractivity contribution in [1.82, 2.24) is 4.90 Å². The third kappa shape index (κ3) is 3.69. The number of imide groups is 1. The fraction of sp³-hybridized carbons (Fsp3) is 0.474. The Morgan fingerprint density at radius 3 is 2.17 bits per heavy atom. The minimum atomic E-state index is -0.157. The van der Waals surface area contributed by atoms with Crippen molar-refractivity contribution < 1.29 is 9.59 Å². The van der Waals surface area contributed by atoms with Gasteiger partial charge in [0.15, 0.2) is 0 Å². The molecule has 1 heterocycles. The van der Waals surface area contributed by atoms with Gasteiger partial charge < -0.3 is 0 Å². The summed E-state index contributed by atoms with van der Waals surface area (Å²) >= 11 is 1.49. The Hall–Kier alpha value is -1.55. The van der Waals surface area contributed by atoms with Crippen molar-refractivity contribution in [2.45, 2.75) is 46.8 Å². The summed E-state index contributed by atoms with van der Waals surface area (Å²) in [5, 5.41) is 0.252. The van der Waals surface area contributed by atoms with Crippen molar-refractivity contribution in [1.29, 1.82) is 0 Å². The summed E-state index contributed by atoms with van der Waals surface area (Å²) < 4.78 is 0. The van der Waals surface area contributed by atoms with Gasteiger partial charge in [0.25, 0.3) is 11.8 Å². The highest BCUT2D eigenvalue weighted by atomic mass is 32.2. The maximum absolute atomic E-state index is 12.9. The first-order valence-electron chi connectivity index (χ1n) is 8.07. The van der Waals surface area contributed by atoms with Crippen LogP contribution in [0.3, 0.4) is 0 Å². The van der Waals surface area contributed by atoms with Gasteiger partial charge >= 0.3 is 0 Å². The molecule has 0 bridgehead atoms. The molecule has 0 saturated carbocycles. The van der Waals surface area contributed by atoms with E-state index in [1.807, 2.05) is 59.7 Å². The molecule has 4 heteroatoms. The summed E-state index contributed by atoms with van der Waals surface area (Å²) in [5.74, 6) is -0.0435. The van der Waals surface area contributed by atoms with E-state index in [-0.39, 0.29) is 23.0 Å². The Balaban J connectivity index is 2.52. The van der Waals surface area contributed by atoms with E-state index in [1.54, 1.807) is 0 Å². The van der Waals surface area contributed by atoms with Crippen molar-refractivity contribution in [2.75, 3.05) is 6.54 Å². The third-order valence-corrected chi connectivity index (χ3v) is 4.91. The molecule has 2 amide bonds. The van der Waals surface area contributed by atoms with E-state index in [1.165, 1.54) is 22.2 Å². The quantitative estimate of drug-likeness (QED) is 0.760. The average molecular weight is 331 g/mol. The molecule has 1 aliphatic heterocycles. The molecule has 0 radical (unpaired) electrons. The molecular formula is C19H25NO2S. The minimum absolute atomic E-state index is 0.143. The standard InChI is InChI=1S/C19H25NO2S/c1-11(2)10-20-18(21)16(17(19(20)22)23-12(3)4)15-8-7-13(5)14(6)9-15/h7-9,11-12H,10H2,1-6H3. The Kier molecular flexibility index (Phi) is 5.35. The van der Waals surface area contributed by atoms with E-state index in [4.69, 9.17) is 0 Å². The summed E-state index contributed by atoms with van der Waals surface area (Å²) in [7, 11) is 0. The van der Waals surface area contributed by atoms with Crippen LogP contribution in [0.2, 0.25) is 0 Å². The fourth-order valence-electron chi connectivity index (χ4n) is 2.58. The number of nitrogens with zero attached hydrogens (tertiary/aromatic N) is 1. The zero-order valence-corrected chi connectivity index (χ0v) is 15.6. The second-order valence-electron chi connectivity index (χ2n) is 6.78. The van der Waals surface area contributed by atoms with Crippen LogP contribution in [0.25, 0.3) is 5.57 Å². The summed E-state index contributed by atoms with van der Waals surface area (Å²) in [5.41, 5.74) is 3.73. The highest BCUT2D eigenvalue weighted by molar-refractivity contribution is 8.04. The lowest BCUT2D eigenvalue weighted by molar-refractivity contribution is -0.137. The molecule has 0 saturated heterocycles. The lowest BCUT2D eigenvalue weighted by atomic mass is 10.0. The number of hydrogen-bond acceptors (Lipinski definition) is 3. The number of carbonyl (C=O) groups excluding carboxylic acids is 2. The summed E-state index contributed by atoms with van der Waals surface area (Å²) in [6.07, 6.45) is 0. The number of rotatable bonds is 5. The highest BCUT2D eigenvalue weighted by Gasteiger charge is 2.39. The fourth-order valence-corrected chi connectivity index (χ4v) is 3.59. The van der Waals surface area contributed by atoms with E-state index in [2.05, 4.69) is 0 Å². The number of amides is 2. The largest absolute Gasteiger partial charge is 0.274 e. The first-order valence-corrected chi connectivity index (χ1v) is 8.95. The SMILES string of the molecule is Cc1ccc(C2=C(SC(C)C)C(=O)N(CC(C)C)C2=O)cc1C. The van der Waals surface area contributed by atoms with Crippen LogP contribution >= 0.6 is 11.8 Å². The van der Waals surface area contributed by atoms with Crippen LogP contribution in [-0.4, -0.2) is 28.5 Å². The van der Waals surface area contributed by atoms with Gasteiger partial charge in [-0.25, -0.2) is 0 Å². The molecule has 2 rings (SSSR count). The molecule has 0 aromatic heterocycles. The van der Waals surface area contributed by atoms with Gasteiger partial charge in [0.05, 0.1) is 10.5 Å². The van der Waals surface area contributed by atoms with Gasteiger partial charge in [0, 0.05) is 11.8 Å². The first kappa shape index (κ1) is 17.8. The van der Waals surface area contributed by atoms with Crippen LogP contribution in [-0.2, 0) is 9.59 Å². The van der Waals surface area contributed by atoms with E-state index in [0.29, 0.717) is 17.0 Å². The lowest BCUT2D eigenvalue weighted by Gasteiger charge is -2.17. The van der Waals surface area contributed by atoms with Gasteiger partial charge in [-0.1, -0.05) is 45.9 Å². The molecule has 124 valence electrons. The van der Waals surface area contributed by atoms with Crippen LogP contribution in [0.5, 0.6) is 0 Å². The van der Waals surface area contributed by atoms with Gasteiger partial charge in [-0.3, -0.25) is 14.5 Å². The van der Waals surface area contributed by atoms with Crippen molar-refractivity contribution in [3.63, 3.8) is 0 Å². The Bertz CT molecular complexity index is 674. The predicted octanol–water partition coefficient (Wildman–Crippen LogP) is 4.18. The van der Waals surface area contributed by atoms with Crippen molar-refractivity contribution >= 4 is 29.1 Å². The first-order chi connectivity index (χ1) is 10.7. The van der Waals surface area contributed by atoms with Crippen LogP contribution in [0, 0.1) is 19.8 Å². The van der Waals surface area contributed by atoms with E-state index >= 15 is 0 Å². The molecular weight excluding hydrogens is 306 g/mol. The number of carbonyl (C=O) groups is 2. The van der Waals surface area contributed by atoms with Gasteiger partial charge in [-0.2, -0.15) is 0 Å². The number of benzene rings is 1. The van der Waals surface area contributed by atoms with Gasteiger partial charge in [-0.15, -0.1) is 11.8 Å². The highest BCUT2D eigenvalue weighted by Crippen LogP contribution is 2.38. The molecule has 0 unspecified atom stereocenters. The molecule has 0 N–H and O–H groups in total. The topological polar surface area (TPSA) is 37.4 Å². The van der Waals surface area contributed by atoms with E-state index in [0.717, 1.165) is 11.1 Å². The van der Waals surface area contributed by atoms with Crippen LogP contribution in [0.1, 0.15) is 44.4 Å². The van der Waals surface area contributed by atoms with Crippen molar-refractivity contribution in [3.05, 3.63) is 39.8 Å². The lowest BCUT2D eigenvalue weighted by Crippen LogP contribution is -2.34. The van der Waals surface area contributed by atoms with Crippen LogP contribution < -0.4 is 0 Å². The number of aryl methyl sites for hydroxylation is 2. The Labute approximate surface area is 143 Å². The molecule has 0 spiro atoms. The molecule has 3 nitrogen and oxygen atoms in total. The number of hydrogen-bond donors (Lipinski definition) is 0. The normalized spacial score (nSPS) is 15.6. The molecule has 1 aliphatic rings. The summed E-state index contributed by atoms with van der Waals surface area (Å²) in [6.45, 7) is 12.7. The second-order valence-corrected chi connectivity index (χ2v) is 8.37. The van der Waals surface area contributed by atoms with Gasteiger partial charge in [-0.05, 0) is 36.5 Å². The second kappa shape index (κ2) is 6.91. The molecule has 1 aromatic rings. The summed E-state index contributed by atoms with van der Waals surface area (Å²) in [6, 6.07) is 5.97. The van der Waals surface area contributed by atoms with Crippen molar-refractivity contribution in [2.24, 2.45) is 5.92 Å². The zero-order valence-electron chi connectivity index (χ0n) is 14.8. The Morgan fingerprint density at radius 2 is 1.65 bits per heavy atom. The number of thioether (sulfide) groups is 1. The molecule has 0 aliphatic carbocycles. The monoisotopic (exact) mass is 331 g/mol. The van der Waals surface area contributed by atoms with Crippen LogP contribution in [0.4, 0.5) is 0 Å². The molecule has 0 fully saturated rings. The zero-order chi connectivity index (χ0) is 17.3. The van der Waals surface area contributed by atoms with Crippen molar-refractivity contribution in [3.8, 4) is 0 Å². The summed E-state index contributed by atoms with van der Waals surface area (Å²) in [4.78, 5) is 27.6. The Morgan fingerprint density at radius 1 is 1.00 bits per heavy atom. The maximum atomic E-state index is 12.9. The molecule has 0 atom stereocenters. The smallest absolute Gasteiger partial charge is 0.268 e. The van der Waals surface area contributed by atoms with Gasteiger partial charge in [0.1, 0.15) is 0 Å². The predicted molar refractivity (Wildman–Crippen MR) is 97.1 cm³/mol.